The number of thiophene rings is 1. The summed E-state index contributed by atoms with van der Waals surface area (Å²) >= 11 is 7.77. The highest BCUT2D eigenvalue weighted by molar-refractivity contribution is 7.10. The molecule has 6 heteroatoms. The van der Waals surface area contributed by atoms with Crippen LogP contribution in [0.5, 0.6) is 0 Å². The van der Waals surface area contributed by atoms with Crippen molar-refractivity contribution in [1.29, 1.82) is 0 Å². The lowest BCUT2D eigenvalue weighted by Crippen LogP contribution is -2.44. The first kappa shape index (κ1) is 17.0. The molecule has 24 heavy (non-hydrogen) atoms. The Labute approximate surface area is 150 Å². The molecule has 2 aromatic rings. The summed E-state index contributed by atoms with van der Waals surface area (Å²) in [5.74, 6) is -0.380. The molecule has 1 aromatic carbocycles. The van der Waals surface area contributed by atoms with E-state index in [1.807, 2.05) is 4.90 Å². The van der Waals surface area contributed by atoms with Crippen molar-refractivity contribution >= 4 is 34.8 Å². The molecule has 2 amide bonds. The van der Waals surface area contributed by atoms with Gasteiger partial charge in [0.05, 0.1) is 23.2 Å². The summed E-state index contributed by atoms with van der Waals surface area (Å²) in [6.45, 7) is 2.77. The van der Waals surface area contributed by atoms with Crippen molar-refractivity contribution in [2.45, 2.75) is 25.8 Å². The van der Waals surface area contributed by atoms with Crippen LogP contribution in [0.2, 0.25) is 5.02 Å². The number of rotatable bonds is 4. The summed E-state index contributed by atoms with van der Waals surface area (Å²) in [5.41, 5.74) is 1.64. The molecule has 4 nitrogen and oxygen atoms in total. The molecule has 1 atom stereocenters. The molecule has 1 N–H and O–H groups in total. The van der Waals surface area contributed by atoms with Crippen LogP contribution < -0.4 is 5.32 Å². The van der Waals surface area contributed by atoms with Gasteiger partial charge in [0, 0.05) is 11.4 Å². The van der Waals surface area contributed by atoms with E-state index in [0.29, 0.717) is 17.1 Å². The lowest BCUT2D eigenvalue weighted by atomic mass is 9.98. The number of carbonyl (C=O) groups excluding carboxylic acids is 2. The van der Waals surface area contributed by atoms with Gasteiger partial charge in [-0.3, -0.25) is 9.59 Å². The van der Waals surface area contributed by atoms with E-state index in [1.54, 1.807) is 35.6 Å². The number of carbonyl (C=O) groups is 2. The van der Waals surface area contributed by atoms with E-state index in [9.17, 15) is 9.59 Å². The third-order valence-corrected chi connectivity index (χ3v) is 5.65. The van der Waals surface area contributed by atoms with Crippen LogP contribution in [0.3, 0.4) is 0 Å². The average molecular weight is 363 g/mol. The molecule has 0 saturated carbocycles. The number of amides is 2. The molecule has 0 aliphatic carbocycles. The lowest BCUT2D eigenvalue weighted by Gasteiger charge is -2.35. The Kier molecular flexibility index (Phi) is 5.21. The molecule has 1 aliphatic heterocycles. The van der Waals surface area contributed by atoms with E-state index < -0.39 is 0 Å². The normalized spacial score (nSPS) is 16.6. The molecule has 126 valence electrons. The van der Waals surface area contributed by atoms with E-state index in [2.05, 4.69) is 23.7 Å². The molecule has 0 radical (unpaired) electrons. The zero-order valence-corrected chi connectivity index (χ0v) is 15.0. The van der Waals surface area contributed by atoms with Crippen molar-refractivity contribution < 1.29 is 9.59 Å². The Morgan fingerprint density at radius 2 is 2.12 bits per heavy atom. The summed E-state index contributed by atoms with van der Waals surface area (Å²) in [4.78, 5) is 28.0. The Hall–Kier alpha value is -1.85. The number of nitrogens with one attached hydrogen (secondary N) is 1. The van der Waals surface area contributed by atoms with Crippen LogP contribution in [-0.4, -0.2) is 29.8 Å². The molecule has 1 aromatic heterocycles. The molecule has 2 heterocycles. The molecule has 1 unspecified atom stereocenters. The Bertz CT molecular complexity index is 759. The fourth-order valence-electron chi connectivity index (χ4n) is 3.13. The molecular weight excluding hydrogens is 344 g/mol. The third-order valence-electron chi connectivity index (χ3n) is 4.32. The maximum absolute atomic E-state index is 12.6. The Morgan fingerprint density at radius 3 is 2.88 bits per heavy atom. The SMILES string of the molecule is CCC1c2ccsc2CCN1C(=O)CNC(=O)c1ccccc1Cl. The molecule has 0 saturated heterocycles. The Balaban J connectivity index is 1.65. The second-order valence-corrected chi connectivity index (χ2v) is 7.13. The molecule has 1 aliphatic rings. The van der Waals surface area contributed by atoms with Crippen LogP contribution in [0.25, 0.3) is 0 Å². The standard InChI is InChI=1S/C18H19ClN2O2S/c1-2-15-13-8-10-24-16(13)7-9-21(15)17(22)11-20-18(23)12-5-3-4-6-14(12)19/h3-6,8,10,15H,2,7,9,11H2,1H3,(H,20,23). The van der Waals surface area contributed by atoms with Crippen LogP contribution >= 0.6 is 22.9 Å². The van der Waals surface area contributed by atoms with Crippen molar-refractivity contribution in [3.8, 4) is 0 Å². The largest absolute Gasteiger partial charge is 0.343 e. The first-order valence-corrected chi connectivity index (χ1v) is 9.26. The summed E-state index contributed by atoms with van der Waals surface area (Å²) < 4.78 is 0. The highest BCUT2D eigenvalue weighted by atomic mass is 35.5. The van der Waals surface area contributed by atoms with Crippen LogP contribution in [0.1, 0.15) is 40.2 Å². The van der Waals surface area contributed by atoms with Crippen LogP contribution in [0, 0.1) is 0 Å². The first-order valence-electron chi connectivity index (χ1n) is 8.00. The number of fused-ring (bicyclic) bond motifs is 1. The van der Waals surface area contributed by atoms with Gasteiger partial charge in [0.2, 0.25) is 5.91 Å². The molecule has 0 fully saturated rings. The fourth-order valence-corrected chi connectivity index (χ4v) is 4.28. The minimum atomic E-state index is -0.324. The fraction of sp³-hybridized carbons (Fsp3) is 0.333. The minimum Gasteiger partial charge on any atom is -0.343 e. The third kappa shape index (κ3) is 3.32. The average Bonchev–Trinajstić information content (AvgIpc) is 3.07. The minimum absolute atomic E-state index is 0.0139. The summed E-state index contributed by atoms with van der Waals surface area (Å²) in [5, 5.41) is 5.16. The van der Waals surface area contributed by atoms with E-state index in [0.717, 1.165) is 12.8 Å². The summed E-state index contributed by atoms with van der Waals surface area (Å²) in [6.07, 6.45) is 1.75. The van der Waals surface area contributed by atoms with Crippen molar-refractivity contribution in [2.75, 3.05) is 13.1 Å². The molecule has 0 bridgehead atoms. The monoisotopic (exact) mass is 362 g/mol. The quantitative estimate of drug-likeness (QED) is 0.902. The van der Waals surface area contributed by atoms with E-state index in [1.165, 1.54) is 10.4 Å². The summed E-state index contributed by atoms with van der Waals surface area (Å²) in [6, 6.07) is 9.03. The smallest absolute Gasteiger partial charge is 0.253 e. The predicted octanol–water partition coefficient (Wildman–Crippen LogP) is 3.67. The van der Waals surface area contributed by atoms with Crippen LogP contribution in [-0.2, 0) is 11.2 Å². The van der Waals surface area contributed by atoms with Crippen molar-refractivity contribution in [3.63, 3.8) is 0 Å². The van der Waals surface area contributed by atoms with Gasteiger partial charge < -0.3 is 10.2 Å². The number of halogens is 1. The number of nitrogens with zero attached hydrogens (tertiary/aromatic N) is 1. The van der Waals surface area contributed by atoms with Gasteiger partial charge in [-0.05, 0) is 42.0 Å². The van der Waals surface area contributed by atoms with Crippen LogP contribution in [0.15, 0.2) is 35.7 Å². The number of hydrogen-bond donors (Lipinski definition) is 1. The second-order valence-electron chi connectivity index (χ2n) is 5.72. The molecule has 3 rings (SSSR count). The topological polar surface area (TPSA) is 49.4 Å². The van der Waals surface area contributed by atoms with Gasteiger partial charge in [0.15, 0.2) is 0 Å². The van der Waals surface area contributed by atoms with Gasteiger partial charge in [-0.15, -0.1) is 11.3 Å². The van der Waals surface area contributed by atoms with Gasteiger partial charge in [-0.2, -0.15) is 0 Å². The highest BCUT2D eigenvalue weighted by Crippen LogP contribution is 2.35. The van der Waals surface area contributed by atoms with Gasteiger partial charge in [0.25, 0.3) is 5.91 Å². The maximum Gasteiger partial charge on any atom is 0.253 e. The zero-order valence-electron chi connectivity index (χ0n) is 13.4. The van der Waals surface area contributed by atoms with Crippen LogP contribution in [0.4, 0.5) is 0 Å². The highest BCUT2D eigenvalue weighted by Gasteiger charge is 2.30. The predicted molar refractivity (Wildman–Crippen MR) is 96.6 cm³/mol. The molecule has 0 spiro atoms. The lowest BCUT2D eigenvalue weighted by molar-refractivity contribution is -0.133. The first-order chi connectivity index (χ1) is 11.6. The second kappa shape index (κ2) is 7.36. The van der Waals surface area contributed by atoms with Gasteiger partial charge in [-0.1, -0.05) is 30.7 Å². The molecular formula is C18H19ClN2O2S. The van der Waals surface area contributed by atoms with Gasteiger partial charge in [0.1, 0.15) is 0 Å². The Morgan fingerprint density at radius 1 is 1.33 bits per heavy atom. The number of hydrogen-bond acceptors (Lipinski definition) is 3. The van der Waals surface area contributed by atoms with Crippen molar-refractivity contribution in [3.05, 3.63) is 56.7 Å². The summed E-state index contributed by atoms with van der Waals surface area (Å²) in [7, 11) is 0. The van der Waals surface area contributed by atoms with Crippen molar-refractivity contribution in [1.82, 2.24) is 10.2 Å². The van der Waals surface area contributed by atoms with Gasteiger partial charge in [-0.25, -0.2) is 0 Å². The van der Waals surface area contributed by atoms with Crippen molar-refractivity contribution in [2.24, 2.45) is 0 Å². The van der Waals surface area contributed by atoms with E-state index >= 15 is 0 Å². The maximum atomic E-state index is 12.6. The number of benzene rings is 1. The van der Waals surface area contributed by atoms with E-state index in [-0.39, 0.29) is 24.4 Å². The van der Waals surface area contributed by atoms with E-state index in [4.69, 9.17) is 11.6 Å². The zero-order chi connectivity index (χ0) is 17.1. The van der Waals surface area contributed by atoms with Gasteiger partial charge >= 0.3 is 0 Å².